The summed E-state index contributed by atoms with van der Waals surface area (Å²) in [5.41, 5.74) is 0.997. The van der Waals surface area contributed by atoms with E-state index in [1.165, 1.54) is 19.3 Å². The highest BCUT2D eigenvalue weighted by atomic mass is 16.5. The Hall–Kier alpha value is -3.54. The molecule has 27 heavy (non-hydrogen) atoms. The van der Waals surface area contributed by atoms with E-state index in [1.807, 2.05) is 0 Å². The van der Waals surface area contributed by atoms with Crippen molar-refractivity contribution in [2.24, 2.45) is 0 Å². The van der Waals surface area contributed by atoms with E-state index < -0.39 is 11.9 Å². The third kappa shape index (κ3) is 5.47. The van der Waals surface area contributed by atoms with Crippen LogP contribution in [-0.2, 0) is 9.53 Å². The van der Waals surface area contributed by atoms with Gasteiger partial charge in [0.25, 0.3) is 5.91 Å². The second kappa shape index (κ2) is 9.82. The van der Waals surface area contributed by atoms with Crippen molar-refractivity contribution in [1.82, 2.24) is 5.32 Å². The van der Waals surface area contributed by atoms with Gasteiger partial charge in [0, 0.05) is 0 Å². The summed E-state index contributed by atoms with van der Waals surface area (Å²) in [5.74, 6) is -0.0732. The molecule has 2 aromatic rings. The van der Waals surface area contributed by atoms with Gasteiger partial charge in [-0.05, 0) is 35.9 Å². The summed E-state index contributed by atoms with van der Waals surface area (Å²) < 4.78 is 15.4. The maximum absolute atomic E-state index is 12.6. The molecule has 0 fully saturated rings. The van der Waals surface area contributed by atoms with Gasteiger partial charge in [-0.1, -0.05) is 36.9 Å². The van der Waals surface area contributed by atoms with Gasteiger partial charge in [0.2, 0.25) is 0 Å². The van der Waals surface area contributed by atoms with Gasteiger partial charge in [-0.3, -0.25) is 4.79 Å². The van der Waals surface area contributed by atoms with Crippen LogP contribution in [0.3, 0.4) is 0 Å². The molecule has 0 unspecified atom stereocenters. The van der Waals surface area contributed by atoms with Gasteiger partial charge in [-0.15, -0.1) is 0 Å². The van der Waals surface area contributed by atoms with Crippen molar-refractivity contribution in [2.45, 2.75) is 0 Å². The van der Waals surface area contributed by atoms with Crippen LogP contribution < -0.4 is 14.8 Å². The first kappa shape index (κ1) is 19.8. The Morgan fingerprint density at radius 2 is 1.74 bits per heavy atom. The number of carbonyl (C=O) groups excluding carboxylic acids is 2. The standard InChI is InChI=1S/C21H21NO5/c1-4-13-27-21(24)18(14-15-9-11-16(25-2)12-10-15)22-20(23)17-7-5-6-8-19(17)26-3/h4-12,14H,1,13H2,2-3H3,(H,22,23). The lowest BCUT2D eigenvalue weighted by Gasteiger charge is -2.12. The lowest BCUT2D eigenvalue weighted by atomic mass is 10.1. The van der Waals surface area contributed by atoms with Crippen molar-refractivity contribution in [3.63, 3.8) is 0 Å². The van der Waals surface area contributed by atoms with Gasteiger partial charge < -0.3 is 19.5 Å². The zero-order chi connectivity index (χ0) is 19.6. The number of nitrogens with one attached hydrogen (secondary N) is 1. The van der Waals surface area contributed by atoms with Crippen LogP contribution in [0.25, 0.3) is 6.08 Å². The van der Waals surface area contributed by atoms with E-state index in [1.54, 1.807) is 55.6 Å². The normalized spacial score (nSPS) is 10.7. The molecule has 0 saturated carbocycles. The smallest absolute Gasteiger partial charge is 0.355 e. The van der Waals surface area contributed by atoms with E-state index in [0.717, 1.165) is 0 Å². The Bertz CT molecular complexity index is 840. The first-order valence-corrected chi connectivity index (χ1v) is 8.17. The zero-order valence-corrected chi connectivity index (χ0v) is 15.2. The van der Waals surface area contributed by atoms with E-state index in [2.05, 4.69) is 11.9 Å². The molecular formula is C21H21NO5. The molecule has 0 heterocycles. The monoisotopic (exact) mass is 367 g/mol. The third-order valence-electron chi connectivity index (χ3n) is 3.58. The molecule has 6 heteroatoms. The lowest BCUT2D eigenvalue weighted by Crippen LogP contribution is -2.29. The molecule has 0 saturated heterocycles. The van der Waals surface area contributed by atoms with Crippen molar-refractivity contribution >= 4 is 18.0 Å². The van der Waals surface area contributed by atoms with E-state index in [0.29, 0.717) is 22.6 Å². The highest BCUT2D eigenvalue weighted by molar-refractivity contribution is 6.04. The number of esters is 1. The molecule has 0 bridgehead atoms. The summed E-state index contributed by atoms with van der Waals surface area (Å²) in [4.78, 5) is 25.0. The summed E-state index contributed by atoms with van der Waals surface area (Å²) in [6.45, 7) is 3.54. The van der Waals surface area contributed by atoms with Crippen molar-refractivity contribution in [1.29, 1.82) is 0 Å². The van der Waals surface area contributed by atoms with Crippen LogP contribution in [0.1, 0.15) is 15.9 Å². The summed E-state index contributed by atoms with van der Waals surface area (Å²) in [6.07, 6.45) is 2.98. The second-order valence-corrected chi connectivity index (χ2v) is 5.37. The van der Waals surface area contributed by atoms with Crippen LogP contribution in [0.4, 0.5) is 0 Å². The Morgan fingerprint density at radius 1 is 1.04 bits per heavy atom. The molecule has 6 nitrogen and oxygen atoms in total. The van der Waals surface area contributed by atoms with Crippen molar-refractivity contribution in [2.75, 3.05) is 20.8 Å². The van der Waals surface area contributed by atoms with Crippen molar-refractivity contribution in [3.05, 3.63) is 78.0 Å². The summed E-state index contributed by atoms with van der Waals surface area (Å²) >= 11 is 0. The number of carbonyl (C=O) groups is 2. The van der Waals surface area contributed by atoms with Gasteiger partial charge in [0.05, 0.1) is 19.8 Å². The average Bonchev–Trinajstić information content (AvgIpc) is 2.71. The molecule has 0 aliphatic rings. The van der Waals surface area contributed by atoms with Crippen molar-refractivity contribution < 1.29 is 23.8 Å². The first-order valence-electron chi connectivity index (χ1n) is 8.17. The minimum absolute atomic E-state index is 0.00192. The van der Waals surface area contributed by atoms with Crippen LogP contribution in [0.2, 0.25) is 0 Å². The third-order valence-corrected chi connectivity index (χ3v) is 3.58. The molecule has 0 spiro atoms. The fourth-order valence-electron chi connectivity index (χ4n) is 2.25. The quantitative estimate of drug-likeness (QED) is 0.441. The molecule has 140 valence electrons. The number of methoxy groups -OCH3 is 2. The summed E-state index contributed by atoms with van der Waals surface area (Å²) in [5, 5.41) is 2.60. The van der Waals surface area contributed by atoms with E-state index in [4.69, 9.17) is 14.2 Å². The Kier molecular flexibility index (Phi) is 7.19. The first-order chi connectivity index (χ1) is 13.1. The molecule has 0 aromatic heterocycles. The molecule has 1 amide bonds. The number of hydrogen-bond acceptors (Lipinski definition) is 5. The number of hydrogen-bond donors (Lipinski definition) is 1. The highest BCUT2D eigenvalue weighted by Crippen LogP contribution is 2.18. The van der Waals surface area contributed by atoms with Crippen molar-refractivity contribution in [3.8, 4) is 11.5 Å². The fourth-order valence-corrected chi connectivity index (χ4v) is 2.25. The highest BCUT2D eigenvalue weighted by Gasteiger charge is 2.18. The lowest BCUT2D eigenvalue weighted by molar-refractivity contribution is -0.138. The molecular weight excluding hydrogens is 346 g/mol. The topological polar surface area (TPSA) is 73.9 Å². The van der Waals surface area contributed by atoms with Gasteiger partial charge in [0.1, 0.15) is 23.8 Å². The SMILES string of the molecule is C=CCOC(=O)C(=Cc1ccc(OC)cc1)NC(=O)c1ccccc1OC. The summed E-state index contributed by atoms with van der Waals surface area (Å²) in [7, 11) is 3.04. The van der Waals surface area contributed by atoms with E-state index in [-0.39, 0.29) is 12.3 Å². The predicted molar refractivity (Wildman–Crippen MR) is 103 cm³/mol. The average molecular weight is 367 g/mol. The fraction of sp³-hybridized carbons (Fsp3) is 0.143. The number of rotatable bonds is 8. The number of ether oxygens (including phenoxy) is 3. The van der Waals surface area contributed by atoms with E-state index in [9.17, 15) is 9.59 Å². The Balaban J connectivity index is 2.31. The van der Waals surface area contributed by atoms with Gasteiger partial charge >= 0.3 is 5.97 Å². The molecule has 0 atom stereocenters. The molecule has 2 aromatic carbocycles. The van der Waals surface area contributed by atoms with Crippen LogP contribution in [0.5, 0.6) is 11.5 Å². The van der Waals surface area contributed by atoms with Gasteiger partial charge in [-0.25, -0.2) is 4.79 Å². The minimum atomic E-state index is -0.672. The van der Waals surface area contributed by atoms with Gasteiger partial charge in [0.15, 0.2) is 0 Å². The molecule has 0 aliphatic carbocycles. The molecule has 0 radical (unpaired) electrons. The second-order valence-electron chi connectivity index (χ2n) is 5.37. The van der Waals surface area contributed by atoms with Crippen LogP contribution in [-0.4, -0.2) is 32.7 Å². The van der Waals surface area contributed by atoms with Gasteiger partial charge in [-0.2, -0.15) is 0 Å². The maximum atomic E-state index is 12.6. The molecule has 2 rings (SSSR count). The maximum Gasteiger partial charge on any atom is 0.355 e. The Labute approximate surface area is 158 Å². The largest absolute Gasteiger partial charge is 0.497 e. The molecule has 0 aliphatic heterocycles. The molecule has 1 N–H and O–H groups in total. The number of benzene rings is 2. The zero-order valence-electron chi connectivity index (χ0n) is 15.2. The van der Waals surface area contributed by atoms with E-state index >= 15 is 0 Å². The number of amides is 1. The number of para-hydroxylation sites is 1. The minimum Gasteiger partial charge on any atom is -0.497 e. The van der Waals surface area contributed by atoms with Crippen LogP contribution in [0, 0.1) is 0 Å². The Morgan fingerprint density at radius 3 is 2.37 bits per heavy atom. The van der Waals surface area contributed by atoms with Crippen LogP contribution >= 0.6 is 0 Å². The summed E-state index contributed by atoms with van der Waals surface area (Å²) in [6, 6.07) is 13.7. The van der Waals surface area contributed by atoms with Crippen LogP contribution in [0.15, 0.2) is 66.9 Å². The predicted octanol–water partition coefficient (Wildman–Crippen LogP) is 3.20.